The van der Waals surface area contributed by atoms with E-state index in [1.165, 1.54) is 12.8 Å². The largest absolute Gasteiger partial charge is 0.493 e. The summed E-state index contributed by atoms with van der Waals surface area (Å²) in [5.41, 5.74) is 1.13. The van der Waals surface area contributed by atoms with Crippen LogP contribution < -0.4 is 9.47 Å². The second kappa shape index (κ2) is 9.52. The van der Waals surface area contributed by atoms with Crippen molar-refractivity contribution in [2.75, 3.05) is 53.6 Å². The Morgan fingerprint density at radius 2 is 1.83 bits per heavy atom. The number of nitriles is 1. The molecular weight excluding hydrogens is 382 g/mol. The Bertz CT molecular complexity index is 747. The van der Waals surface area contributed by atoms with E-state index >= 15 is 0 Å². The molecule has 1 aliphatic carbocycles. The van der Waals surface area contributed by atoms with Crippen LogP contribution >= 0.6 is 0 Å². The van der Waals surface area contributed by atoms with Crippen molar-refractivity contribution in [3.8, 4) is 17.6 Å². The summed E-state index contributed by atoms with van der Waals surface area (Å²) in [4.78, 5) is 4.60. The van der Waals surface area contributed by atoms with Gasteiger partial charge >= 0.3 is 0 Å². The Labute approximate surface area is 179 Å². The molecule has 2 bridgehead atoms. The van der Waals surface area contributed by atoms with Crippen LogP contribution in [0.5, 0.6) is 11.5 Å². The lowest BCUT2D eigenvalue weighted by molar-refractivity contribution is -0.0303. The van der Waals surface area contributed by atoms with Gasteiger partial charge in [-0.1, -0.05) is 6.07 Å². The summed E-state index contributed by atoms with van der Waals surface area (Å²) in [6.07, 6.45) is 2.30. The van der Waals surface area contributed by atoms with Crippen LogP contribution in [0.4, 0.5) is 0 Å². The van der Waals surface area contributed by atoms with Gasteiger partial charge in [0.2, 0.25) is 0 Å². The molecule has 2 aliphatic heterocycles. The summed E-state index contributed by atoms with van der Waals surface area (Å²) in [6, 6.07) is 8.21. The SMILES string of the molecule is COc1cc(CN2CC(C#N)C2)ccc1OCC(O)CN1C[C@H]2CC[C@@H](C1)C2OC. The number of likely N-dealkylation sites (tertiary alicyclic amines) is 2. The molecule has 3 fully saturated rings. The lowest BCUT2D eigenvalue weighted by atomic mass is 9.94. The fourth-order valence-electron chi connectivity index (χ4n) is 5.31. The van der Waals surface area contributed by atoms with Gasteiger partial charge in [-0.25, -0.2) is 0 Å². The van der Waals surface area contributed by atoms with Gasteiger partial charge in [-0.3, -0.25) is 9.80 Å². The first-order valence-corrected chi connectivity index (χ1v) is 10.9. The van der Waals surface area contributed by atoms with Crippen molar-refractivity contribution in [3.05, 3.63) is 23.8 Å². The highest BCUT2D eigenvalue weighted by molar-refractivity contribution is 5.43. The fraction of sp³-hybridized carbons (Fsp3) is 0.696. The number of piperidine rings is 1. The van der Waals surface area contributed by atoms with Crippen molar-refractivity contribution < 1.29 is 19.3 Å². The predicted molar refractivity (Wildman–Crippen MR) is 112 cm³/mol. The summed E-state index contributed by atoms with van der Waals surface area (Å²) < 4.78 is 17.1. The van der Waals surface area contributed by atoms with Gasteiger partial charge in [0.05, 0.1) is 25.2 Å². The molecule has 1 aromatic rings. The molecule has 0 aromatic heterocycles. The predicted octanol–water partition coefficient (Wildman–Crippen LogP) is 1.75. The van der Waals surface area contributed by atoms with Gasteiger partial charge in [0.25, 0.3) is 0 Å². The third kappa shape index (κ3) is 4.73. The maximum atomic E-state index is 10.5. The number of aliphatic hydroxyl groups is 1. The van der Waals surface area contributed by atoms with E-state index in [1.54, 1.807) is 7.11 Å². The summed E-state index contributed by atoms with van der Waals surface area (Å²) in [7, 11) is 3.45. The number of nitrogens with zero attached hydrogens (tertiary/aromatic N) is 3. The average Bonchev–Trinajstić information content (AvgIpc) is 2.98. The zero-order valence-electron chi connectivity index (χ0n) is 18.0. The third-order valence-corrected chi connectivity index (χ3v) is 6.77. The quantitative estimate of drug-likeness (QED) is 0.658. The van der Waals surface area contributed by atoms with Crippen molar-refractivity contribution in [3.63, 3.8) is 0 Å². The Kier molecular flexibility index (Phi) is 6.79. The molecule has 2 unspecified atom stereocenters. The zero-order chi connectivity index (χ0) is 21.1. The highest BCUT2D eigenvalue weighted by Gasteiger charge is 2.42. The second-order valence-electron chi connectivity index (χ2n) is 8.99. The van der Waals surface area contributed by atoms with E-state index in [0.29, 0.717) is 36.0 Å². The summed E-state index contributed by atoms with van der Waals surface area (Å²) in [6.45, 7) is 5.31. The van der Waals surface area contributed by atoms with E-state index in [1.807, 2.05) is 25.3 Å². The topological polar surface area (TPSA) is 78.2 Å². The standard InChI is InChI=1S/C23H33N3O4/c1-28-22-7-16(9-25-10-17(8-24)11-25)3-6-21(22)30-15-20(27)14-26-12-18-4-5-19(13-26)23(18)29-2/h3,6-7,17-20,23,27H,4-5,9-15H2,1-2H3/t18-,19+,20?,23?. The normalized spacial score (nSPS) is 28.0. The van der Waals surface area contributed by atoms with Crippen molar-refractivity contribution in [1.29, 1.82) is 5.26 Å². The molecule has 7 heteroatoms. The van der Waals surface area contributed by atoms with Gasteiger partial charge in [-0.05, 0) is 42.4 Å². The monoisotopic (exact) mass is 415 g/mol. The van der Waals surface area contributed by atoms with Crippen molar-refractivity contribution in [1.82, 2.24) is 9.80 Å². The Morgan fingerprint density at radius 3 is 2.47 bits per heavy atom. The minimum atomic E-state index is -0.545. The number of fused-ring (bicyclic) bond motifs is 2. The number of hydrogen-bond donors (Lipinski definition) is 1. The van der Waals surface area contributed by atoms with Gasteiger partial charge < -0.3 is 19.3 Å². The number of β-amino-alcohol motifs (C(OH)–C–C–N with tert-alkyl or cyclic N) is 1. The van der Waals surface area contributed by atoms with Crippen LogP contribution in [0, 0.1) is 29.1 Å². The third-order valence-electron chi connectivity index (χ3n) is 6.77. The molecule has 1 saturated carbocycles. The molecule has 0 radical (unpaired) electrons. The minimum absolute atomic E-state index is 0.159. The molecule has 164 valence electrons. The number of aliphatic hydroxyl groups excluding tert-OH is 1. The first-order chi connectivity index (χ1) is 14.6. The Morgan fingerprint density at radius 1 is 1.10 bits per heavy atom. The smallest absolute Gasteiger partial charge is 0.161 e. The van der Waals surface area contributed by atoms with Gasteiger partial charge in [0.1, 0.15) is 12.7 Å². The van der Waals surface area contributed by atoms with Crippen LogP contribution in [-0.4, -0.2) is 80.7 Å². The van der Waals surface area contributed by atoms with Gasteiger partial charge in [-0.15, -0.1) is 0 Å². The lowest BCUT2D eigenvalue weighted by Crippen LogP contribution is -2.48. The van der Waals surface area contributed by atoms with Crippen LogP contribution in [-0.2, 0) is 11.3 Å². The average molecular weight is 416 g/mol. The van der Waals surface area contributed by atoms with E-state index < -0.39 is 6.10 Å². The fourth-order valence-corrected chi connectivity index (χ4v) is 5.31. The number of ether oxygens (including phenoxy) is 3. The van der Waals surface area contributed by atoms with Crippen molar-refractivity contribution >= 4 is 0 Å². The summed E-state index contributed by atoms with van der Waals surface area (Å²) in [5, 5.41) is 19.4. The van der Waals surface area contributed by atoms with Crippen molar-refractivity contribution in [2.24, 2.45) is 17.8 Å². The number of methoxy groups -OCH3 is 2. The van der Waals surface area contributed by atoms with Crippen LogP contribution in [0.25, 0.3) is 0 Å². The molecule has 1 aromatic carbocycles. The second-order valence-corrected chi connectivity index (χ2v) is 8.99. The highest BCUT2D eigenvalue weighted by Crippen LogP contribution is 2.38. The lowest BCUT2D eigenvalue weighted by Gasteiger charge is -2.38. The van der Waals surface area contributed by atoms with Gasteiger partial charge in [-0.2, -0.15) is 5.26 Å². The highest BCUT2D eigenvalue weighted by atomic mass is 16.5. The minimum Gasteiger partial charge on any atom is -0.493 e. The number of benzene rings is 1. The molecule has 2 heterocycles. The first kappa shape index (κ1) is 21.4. The van der Waals surface area contributed by atoms with Crippen LogP contribution in [0.2, 0.25) is 0 Å². The molecule has 30 heavy (non-hydrogen) atoms. The molecule has 2 saturated heterocycles. The molecule has 3 aliphatic rings. The Balaban J connectivity index is 1.25. The van der Waals surface area contributed by atoms with Crippen molar-refractivity contribution in [2.45, 2.75) is 31.6 Å². The molecular formula is C23H33N3O4. The zero-order valence-corrected chi connectivity index (χ0v) is 18.0. The Hall–Kier alpha value is -1.85. The number of rotatable bonds is 9. The molecule has 4 atom stereocenters. The van der Waals surface area contributed by atoms with E-state index in [-0.39, 0.29) is 12.5 Å². The van der Waals surface area contributed by atoms with Crippen LogP contribution in [0.3, 0.4) is 0 Å². The molecule has 7 nitrogen and oxygen atoms in total. The first-order valence-electron chi connectivity index (χ1n) is 10.9. The van der Waals surface area contributed by atoms with Gasteiger partial charge in [0, 0.05) is 46.4 Å². The molecule has 1 N–H and O–H groups in total. The maximum Gasteiger partial charge on any atom is 0.161 e. The van der Waals surface area contributed by atoms with E-state index in [9.17, 15) is 5.11 Å². The molecule has 0 amide bonds. The van der Waals surface area contributed by atoms with Gasteiger partial charge in [0.15, 0.2) is 11.5 Å². The number of hydrogen-bond acceptors (Lipinski definition) is 7. The summed E-state index contributed by atoms with van der Waals surface area (Å²) >= 11 is 0. The molecule has 0 spiro atoms. The molecule has 4 rings (SSSR count). The summed E-state index contributed by atoms with van der Waals surface area (Å²) in [5.74, 6) is 2.66. The van der Waals surface area contributed by atoms with E-state index in [4.69, 9.17) is 19.5 Å². The van der Waals surface area contributed by atoms with E-state index in [0.717, 1.165) is 38.3 Å². The maximum absolute atomic E-state index is 10.5. The van der Waals surface area contributed by atoms with E-state index in [2.05, 4.69) is 15.9 Å². The van der Waals surface area contributed by atoms with Crippen LogP contribution in [0.1, 0.15) is 18.4 Å². The van der Waals surface area contributed by atoms with Crippen LogP contribution in [0.15, 0.2) is 18.2 Å².